The monoisotopic (exact) mass is 340 g/mol. The van der Waals surface area contributed by atoms with Gasteiger partial charge < -0.3 is 20.1 Å². The molecule has 4 atom stereocenters. The molecule has 2 fully saturated rings. The Morgan fingerprint density at radius 2 is 2.20 bits per heavy atom. The van der Waals surface area contributed by atoms with Crippen LogP contribution in [0.4, 0.5) is 5.69 Å². The number of nitrogens with zero attached hydrogens (tertiary/aromatic N) is 1. The molecule has 5 rings (SSSR count). The Kier molecular flexibility index (Phi) is 2.90. The van der Waals surface area contributed by atoms with E-state index in [2.05, 4.69) is 5.32 Å². The van der Waals surface area contributed by atoms with E-state index in [-0.39, 0.29) is 23.4 Å². The summed E-state index contributed by atoms with van der Waals surface area (Å²) in [5.41, 5.74) is 2.32. The Labute approximate surface area is 145 Å². The number of hydrogen-bond acceptors (Lipinski definition) is 5. The largest absolute Gasteiger partial charge is 0.466 e. The molecule has 130 valence electrons. The molecule has 1 spiro atoms. The summed E-state index contributed by atoms with van der Waals surface area (Å²) in [5, 5.41) is 14.3. The van der Waals surface area contributed by atoms with Crippen molar-refractivity contribution < 1.29 is 19.4 Å². The molecule has 3 heterocycles. The summed E-state index contributed by atoms with van der Waals surface area (Å²) in [5.74, 6) is -0.563. The summed E-state index contributed by atoms with van der Waals surface area (Å²) in [4.78, 5) is 27.3. The highest BCUT2D eigenvalue weighted by Gasteiger charge is 2.66. The Morgan fingerprint density at radius 3 is 3.00 bits per heavy atom. The minimum atomic E-state index is -0.920. The Hall–Kier alpha value is -2.34. The zero-order valence-electron chi connectivity index (χ0n) is 14.0. The van der Waals surface area contributed by atoms with Gasteiger partial charge in [0.1, 0.15) is 0 Å². The fourth-order valence-corrected chi connectivity index (χ4v) is 5.57. The third kappa shape index (κ3) is 1.63. The average molecular weight is 340 g/mol. The van der Waals surface area contributed by atoms with Gasteiger partial charge in [-0.25, -0.2) is 4.79 Å². The van der Waals surface area contributed by atoms with Gasteiger partial charge in [0, 0.05) is 30.3 Å². The molecule has 1 amide bonds. The van der Waals surface area contributed by atoms with E-state index in [4.69, 9.17) is 4.74 Å². The van der Waals surface area contributed by atoms with Gasteiger partial charge in [0.2, 0.25) is 5.91 Å². The van der Waals surface area contributed by atoms with Crippen LogP contribution in [-0.4, -0.2) is 47.7 Å². The van der Waals surface area contributed by atoms with Gasteiger partial charge in [0.15, 0.2) is 0 Å². The molecule has 3 aliphatic heterocycles. The number of para-hydroxylation sites is 1. The number of aliphatic hydroxyl groups excluding tert-OH is 1. The summed E-state index contributed by atoms with van der Waals surface area (Å²) in [6, 6.07) is 7.78. The summed E-state index contributed by atoms with van der Waals surface area (Å²) in [7, 11) is 1.33. The average Bonchev–Trinajstić information content (AvgIpc) is 3.12. The van der Waals surface area contributed by atoms with Crippen molar-refractivity contribution in [3.63, 3.8) is 0 Å². The second-order valence-electron chi connectivity index (χ2n) is 7.38. The van der Waals surface area contributed by atoms with E-state index in [0.29, 0.717) is 12.1 Å². The Morgan fingerprint density at radius 1 is 1.40 bits per heavy atom. The van der Waals surface area contributed by atoms with Crippen molar-refractivity contribution in [3.05, 3.63) is 41.1 Å². The van der Waals surface area contributed by atoms with Crippen molar-refractivity contribution in [2.75, 3.05) is 19.0 Å². The molecule has 6 nitrogen and oxygen atoms in total. The van der Waals surface area contributed by atoms with Crippen LogP contribution in [0.2, 0.25) is 0 Å². The molecule has 6 heteroatoms. The number of fused-ring (bicyclic) bond motifs is 1. The molecule has 1 aromatic rings. The number of piperidine rings is 1. The lowest BCUT2D eigenvalue weighted by molar-refractivity contribution is -0.139. The fraction of sp³-hybridized carbons (Fsp3) is 0.474. The molecular weight excluding hydrogens is 320 g/mol. The van der Waals surface area contributed by atoms with Gasteiger partial charge in [-0.3, -0.25) is 4.79 Å². The van der Waals surface area contributed by atoms with E-state index < -0.39 is 17.5 Å². The lowest BCUT2D eigenvalue weighted by atomic mass is 9.60. The topological polar surface area (TPSA) is 78.9 Å². The first kappa shape index (κ1) is 15.0. The van der Waals surface area contributed by atoms with Gasteiger partial charge in [-0.05, 0) is 24.5 Å². The number of nitrogens with one attached hydrogen (secondary N) is 1. The fourth-order valence-electron chi connectivity index (χ4n) is 5.57. The molecule has 0 saturated carbocycles. The van der Waals surface area contributed by atoms with Gasteiger partial charge in [0.05, 0.1) is 30.2 Å². The molecule has 25 heavy (non-hydrogen) atoms. The second-order valence-corrected chi connectivity index (χ2v) is 7.38. The molecule has 0 unspecified atom stereocenters. The van der Waals surface area contributed by atoms with E-state index in [1.165, 1.54) is 7.11 Å². The van der Waals surface area contributed by atoms with E-state index in [9.17, 15) is 14.7 Å². The standard InChI is InChI=1S/C19H20N2O4/c1-25-18(24)14-15(23)10-5-4-8-21-13(22)9-19(17(10)21)11-6-2-3-7-12(11)20-16(14)19/h2-3,6-7,10,15,17,20,23H,4-5,8-9H2,1H3/t10-,15+,17-,19-/m1/s1. The van der Waals surface area contributed by atoms with Crippen LogP contribution < -0.4 is 5.32 Å². The first-order valence-electron chi connectivity index (χ1n) is 8.76. The van der Waals surface area contributed by atoms with Gasteiger partial charge in [-0.2, -0.15) is 0 Å². The predicted molar refractivity (Wildman–Crippen MR) is 89.6 cm³/mol. The van der Waals surface area contributed by atoms with Crippen molar-refractivity contribution in [2.45, 2.75) is 36.8 Å². The zero-order chi connectivity index (χ0) is 17.3. The Bertz CT molecular complexity index is 832. The predicted octanol–water partition coefficient (Wildman–Crippen LogP) is 1.16. The van der Waals surface area contributed by atoms with Crippen LogP contribution in [0.25, 0.3) is 0 Å². The first-order chi connectivity index (χ1) is 12.1. The van der Waals surface area contributed by atoms with E-state index in [0.717, 1.165) is 30.6 Å². The highest BCUT2D eigenvalue weighted by molar-refractivity contribution is 5.96. The van der Waals surface area contributed by atoms with Crippen molar-refractivity contribution in [1.29, 1.82) is 0 Å². The van der Waals surface area contributed by atoms with Crippen molar-refractivity contribution >= 4 is 17.6 Å². The number of carbonyl (C=O) groups is 2. The third-order valence-corrected chi connectivity index (χ3v) is 6.42. The number of hydrogen-bond donors (Lipinski definition) is 2. The van der Waals surface area contributed by atoms with Crippen LogP contribution in [-0.2, 0) is 19.7 Å². The van der Waals surface area contributed by atoms with Crippen molar-refractivity contribution in [2.24, 2.45) is 5.92 Å². The van der Waals surface area contributed by atoms with Crippen LogP contribution in [0, 0.1) is 5.92 Å². The number of esters is 1. The summed E-state index contributed by atoms with van der Waals surface area (Å²) >= 11 is 0. The summed E-state index contributed by atoms with van der Waals surface area (Å²) < 4.78 is 4.98. The van der Waals surface area contributed by atoms with Gasteiger partial charge >= 0.3 is 5.97 Å². The van der Waals surface area contributed by atoms with Gasteiger partial charge in [0.25, 0.3) is 0 Å². The number of anilines is 1. The SMILES string of the molecule is COC(=O)C1=C2Nc3ccccc3[C@]23CC(=O)N2CCC[C@H]([C@@H]1O)[C@@H]23. The number of aliphatic hydroxyl groups is 1. The maximum absolute atomic E-state index is 12.8. The van der Waals surface area contributed by atoms with Crippen molar-refractivity contribution in [1.82, 2.24) is 4.90 Å². The highest BCUT2D eigenvalue weighted by Crippen LogP contribution is 2.60. The molecule has 2 saturated heterocycles. The van der Waals surface area contributed by atoms with Crippen LogP contribution in [0.3, 0.4) is 0 Å². The minimum absolute atomic E-state index is 0.101. The van der Waals surface area contributed by atoms with E-state index >= 15 is 0 Å². The van der Waals surface area contributed by atoms with Crippen LogP contribution in [0.15, 0.2) is 35.5 Å². The summed E-state index contributed by atoms with van der Waals surface area (Å²) in [6.07, 6.45) is 1.06. The molecule has 0 radical (unpaired) electrons. The number of methoxy groups -OCH3 is 1. The maximum atomic E-state index is 12.8. The number of amides is 1. The second kappa shape index (κ2) is 4.85. The normalized spacial score (nSPS) is 35.0. The third-order valence-electron chi connectivity index (χ3n) is 6.42. The molecule has 1 aromatic carbocycles. The van der Waals surface area contributed by atoms with Gasteiger partial charge in [-0.15, -0.1) is 0 Å². The number of ether oxygens (including phenoxy) is 1. The molecule has 0 aromatic heterocycles. The van der Waals surface area contributed by atoms with Gasteiger partial charge in [-0.1, -0.05) is 18.2 Å². The highest BCUT2D eigenvalue weighted by atomic mass is 16.5. The quantitative estimate of drug-likeness (QED) is 0.750. The van der Waals surface area contributed by atoms with E-state index in [1.807, 2.05) is 29.2 Å². The lowest BCUT2D eigenvalue weighted by Gasteiger charge is -2.49. The number of carbonyl (C=O) groups excluding carboxylic acids is 2. The maximum Gasteiger partial charge on any atom is 0.338 e. The molecular formula is C19H20N2O4. The smallest absolute Gasteiger partial charge is 0.338 e. The molecule has 0 bridgehead atoms. The van der Waals surface area contributed by atoms with E-state index in [1.54, 1.807) is 0 Å². The molecule has 1 aliphatic carbocycles. The van der Waals surface area contributed by atoms with Crippen LogP contribution in [0.5, 0.6) is 0 Å². The summed E-state index contributed by atoms with van der Waals surface area (Å²) in [6.45, 7) is 0.720. The zero-order valence-corrected chi connectivity index (χ0v) is 14.0. The Balaban J connectivity index is 1.84. The first-order valence-corrected chi connectivity index (χ1v) is 8.76. The molecule has 2 N–H and O–H groups in total. The van der Waals surface area contributed by atoms with Crippen molar-refractivity contribution in [3.8, 4) is 0 Å². The lowest BCUT2D eigenvalue weighted by Crippen LogP contribution is -2.58. The molecule has 4 aliphatic rings. The minimum Gasteiger partial charge on any atom is -0.466 e. The number of rotatable bonds is 1. The number of benzene rings is 1. The van der Waals surface area contributed by atoms with Crippen LogP contribution >= 0.6 is 0 Å². The van der Waals surface area contributed by atoms with Crippen LogP contribution in [0.1, 0.15) is 24.8 Å².